The fourth-order valence-corrected chi connectivity index (χ4v) is 3.67. The SMILES string of the molecule is CC(C)C(NC(=O)/C=C/c1nc2ccccc2s1)c1nc(-c2ccncc2)no1. The molecule has 1 amide bonds. The summed E-state index contributed by atoms with van der Waals surface area (Å²) in [7, 11) is 0. The Labute approximate surface area is 171 Å². The van der Waals surface area contributed by atoms with Crippen molar-refractivity contribution in [3.05, 3.63) is 65.8 Å². The van der Waals surface area contributed by atoms with Gasteiger partial charge in [-0.2, -0.15) is 4.98 Å². The number of thiazole rings is 1. The van der Waals surface area contributed by atoms with E-state index in [1.165, 1.54) is 17.4 Å². The molecule has 3 heterocycles. The number of pyridine rings is 1. The lowest BCUT2D eigenvalue weighted by molar-refractivity contribution is -0.117. The van der Waals surface area contributed by atoms with Gasteiger partial charge in [-0.3, -0.25) is 9.78 Å². The van der Waals surface area contributed by atoms with Gasteiger partial charge in [-0.15, -0.1) is 11.3 Å². The Bertz CT molecular complexity index is 1120. The van der Waals surface area contributed by atoms with Crippen molar-refractivity contribution in [1.29, 1.82) is 0 Å². The van der Waals surface area contributed by atoms with Crippen molar-refractivity contribution in [3.63, 3.8) is 0 Å². The first-order chi connectivity index (χ1) is 14.1. The molecule has 1 N–H and O–H groups in total. The number of hydrogen-bond donors (Lipinski definition) is 1. The van der Waals surface area contributed by atoms with Gasteiger partial charge in [0.2, 0.25) is 17.6 Å². The molecule has 0 bridgehead atoms. The Morgan fingerprint density at radius 3 is 2.69 bits per heavy atom. The zero-order valence-corrected chi connectivity index (χ0v) is 16.8. The predicted octanol–water partition coefficient (Wildman–Crippen LogP) is 4.27. The van der Waals surface area contributed by atoms with Crippen molar-refractivity contribution < 1.29 is 9.32 Å². The second-order valence-corrected chi connectivity index (χ2v) is 7.84. The lowest BCUT2D eigenvalue weighted by atomic mass is 10.0. The van der Waals surface area contributed by atoms with Crippen LogP contribution in [0.4, 0.5) is 0 Å². The summed E-state index contributed by atoms with van der Waals surface area (Å²) in [5, 5.41) is 7.75. The molecule has 0 aliphatic rings. The van der Waals surface area contributed by atoms with Gasteiger partial charge in [-0.1, -0.05) is 31.1 Å². The highest BCUT2D eigenvalue weighted by Crippen LogP contribution is 2.24. The smallest absolute Gasteiger partial charge is 0.249 e. The molecule has 4 aromatic rings. The minimum atomic E-state index is -0.398. The van der Waals surface area contributed by atoms with Gasteiger partial charge in [0.25, 0.3) is 0 Å². The van der Waals surface area contributed by atoms with Gasteiger partial charge in [0.15, 0.2) is 0 Å². The molecule has 1 aromatic carbocycles. The first-order valence-electron chi connectivity index (χ1n) is 9.18. The van der Waals surface area contributed by atoms with Crippen LogP contribution < -0.4 is 5.32 Å². The molecule has 8 heteroatoms. The number of hydrogen-bond acceptors (Lipinski definition) is 7. The van der Waals surface area contributed by atoms with E-state index in [2.05, 4.69) is 25.4 Å². The summed E-state index contributed by atoms with van der Waals surface area (Å²) >= 11 is 1.54. The summed E-state index contributed by atoms with van der Waals surface area (Å²) in [5.41, 5.74) is 1.73. The maximum absolute atomic E-state index is 12.5. The van der Waals surface area contributed by atoms with Crippen molar-refractivity contribution in [2.45, 2.75) is 19.9 Å². The number of para-hydroxylation sites is 1. The van der Waals surface area contributed by atoms with Crippen molar-refractivity contribution in [1.82, 2.24) is 25.4 Å². The standard InChI is InChI=1S/C21H19N5O2S/c1-13(2)19(21-25-20(26-28-21)14-9-11-22-12-10-14)24-17(27)7-8-18-23-15-5-3-4-6-16(15)29-18/h3-13,19H,1-2H3,(H,24,27)/b8-7+. The van der Waals surface area contributed by atoms with E-state index < -0.39 is 6.04 Å². The molecule has 7 nitrogen and oxygen atoms in total. The van der Waals surface area contributed by atoms with E-state index in [1.54, 1.807) is 30.6 Å². The van der Waals surface area contributed by atoms with Gasteiger partial charge < -0.3 is 9.84 Å². The van der Waals surface area contributed by atoms with E-state index in [9.17, 15) is 4.79 Å². The molecule has 4 rings (SSSR count). The molecular formula is C21H19N5O2S. The molecule has 0 saturated carbocycles. The summed E-state index contributed by atoms with van der Waals surface area (Å²) in [6, 6.07) is 11.1. The highest BCUT2D eigenvalue weighted by molar-refractivity contribution is 7.19. The normalized spacial score (nSPS) is 12.7. The van der Waals surface area contributed by atoms with Crippen LogP contribution in [0.1, 0.15) is 30.8 Å². The third-order valence-electron chi connectivity index (χ3n) is 4.30. The molecule has 1 atom stereocenters. The number of fused-ring (bicyclic) bond motifs is 1. The Morgan fingerprint density at radius 2 is 1.93 bits per heavy atom. The summed E-state index contributed by atoms with van der Waals surface area (Å²) < 4.78 is 6.50. The molecule has 0 aliphatic carbocycles. The number of amides is 1. The molecule has 3 aromatic heterocycles. The van der Waals surface area contributed by atoms with Crippen LogP contribution in [-0.2, 0) is 4.79 Å². The highest BCUT2D eigenvalue weighted by Gasteiger charge is 2.24. The number of nitrogens with one attached hydrogen (secondary N) is 1. The number of carbonyl (C=O) groups is 1. The van der Waals surface area contributed by atoms with Crippen LogP contribution in [0.3, 0.4) is 0 Å². The Morgan fingerprint density at radius 1 is 1.14 bits per heavy atom. The Balaban J connectivity index is 1.48. The number of aromatic nitrogens is 4. The summed E-state index contributed by atoms with van der Waals surface area (Å²) in [6.45, 7) is 3.97. The van der Waals surface area contributed by atoms with Gasteiger partial charge in [0.05, 0.1) is 10.2 Å². The van der Waals surface area contributed by atoms with Crippen molar-refractivity contribution in [2.75, 3.05) is 0 Å². The van der Waals surface area contributed by atoms with Crippen LogP contribution >= 0.6 is 11.3 Å². The lowest BCUT2D eigenvalue weighted by Crippen LogP contribution is -2.30. The fourth-order valence-electron chi connectivity index (χ4n) is 2.80. The van der Waals surface area contributed by atoms with Gasteiger partial charge in [0, 0.05) is 24.0 Å². The van der Waals surface area contributed by atoms with Gasteiger partial charge in [0.1, 0.15) is 11.0 Å². The Kier molecular flexibility index (Phi) is 5.44. The van der Waals surface area contributed by atoms with Crippen LogP contribution in [0.5, 0.6) is 0 Å². The average Bonchev–Trinajstić information content (AvgIpc) is 3.38. The summed E-state index contributed by atoms with van der Waals surface area (Å²) in [6.07, 6.45) is 6.53. The third-order valence-corrected chi connectivity index (χ3v) is 5.30. The molecule has 0 aliphatic heterocycles. The number of benzene rings is 1. The van der Waals surface area contributed by atoms with E-state index in [0.29, 0.717) is 11.7 Å². The molecule has 1 unspecified atom stereocenters. The van der Waals surface area contributed by atoms with Crippen LogP contribution in [0.25, 0.3) is 27.7 Å². The zero-order chi connectivity index (χ0) is 20.2. The summed E-state index contributed by atoms with van der Waals surface area (Å²) in [5.74, 6) is 0.660. The molecule has 0 fully saturated rings. The second-order valence-electron chi connectivity index (χ2n) is 6.78. The molecule has 29 heavy (non-hydrogen) atoms. The van der Waals surface area contributed by atoms with Crippen LogP contribution in [-0.4, -0.2) is 26.0 Å². The van der Waals surface area contributed by atoms with Crippen LogP contribution in [0.2, 0.25) is 0 Å². The van der Waals surface area contributed by atoms with Gasteiger partial charge in [-0.25, -0.2) is 4.98 Å². The largest absolute Gasteiger partial charge is 0.340 e. The monoisotopic (exact) mass is 405 g/mol. The number of carbonyl (C=O) groups excluding carboxylic acids is 1. The quantitative estimate of drug-likeness (QED) is 0.482. The minimum absolute atomic E-state index is 0.0699. The third kappa shape index (κ3) is 4.38. The van der Waals surface area contributed by atoms with Crippen molar-refractivity contribution in [3.8, 4) is 11.4 Å². The first-order valence-corrected chi connectivity index (χ1v) is 10.00. The van der Waals surface area contributed by atoms with Crippen LogP contribution in [0.15, 0.2) is 59.4 Å². The molecular weight excluding hydrogens is 386 g/mol. The topological polar surface area (TPSA) is 93.8 Å². The van der Waals surface area contributed by atoms with Gasteiger partial charge >= 0.3 is 0 Å². The van der Waals surface area contributed by atoms with Crippen molar-refractivity contribution in [2.24, 2.45) is 5.92 Å². The van der Waals surface area contributed by atoms with E-state index in [4.69, 9.17) is 4.52 Å². The van der Waals surface area contributed by atoms with E-state index >= 15 is 0 Å². The fraction of sp³-hybridized carbons (Fsp3) is 0.190. The van der Waals surface area contributed by atoms with E-state index in [-0.39, 0.29) is 11.8 Å². The predicted molar refractivity (Wildman–Crippen MR) is 112 cm³/mol. The van der Waals surface area contributed by atoms with Crippen molar-refractivity contribution >= 4 is 33.5 Å². The maximum atomic E-state index is 12.5. The summed E-state index contributed by atoms with van der Waals surface area (Å²) in [4.78, 5) is 25.4. The number of rotatable bonds is 6. The van der Waals surface area contributed by atoms with E-state index in [0.717, 1.165) is 20.8 Å². The average molecular weight is 405 g/mol. The zero-order valence-electron chi connectivity index (χ0n) is 15.9. The first kappa shape index (κ1) is 18.9. The lowest BCUT2D eigenvalue weighted by Gasteiger charge is -2.17. The molecule has 0 spiro atoms. The number of nitrogens with zero attached hydrogens (tertiary/aromatic N) is 4. The minimum Gasteiger partial charge on any atom is -0.340 e. The van der Waals surface area contributed by atoms with Gasteiger partial charge in [-0.05, 0) is 36.3 Å². The van der Waals surface area contributed by atoms with Crippen LogP contribution in [0, 0.1) is 5.92 Å². The highest BCUT2D eigenvalue weighted by atomic mass is 32.1. The van der Waals surface area contributed by atoms with E-state index in [1.807, 2.05) is 38.1 Å². The Hall–Kier alpha value is -3.39. The molecule has 0 saturated heterocycles. The molecule has 146 valence electrons. The molecule has 0 radical (unpaired) electrons. The maximum Gasteiger partial charge on any atom is 0.249 e. The second kappa shape index (κ2) is 8.32.